The van der Waals surface area contributed by atoms with Crippen LogP contribution < -0.4 is 4.74 Å². The number of halogens is 1. The Morgan fingerprint density at radius 3 is 2.73 bits per heavy atom. The molecule has 0 radical (unpaired) electrons. The first-order valence-corrected chi connectivity index (χ1v) is 5.98. The number of para-hydroxylation sites is 1. The number of rotatable bonds is 5. The number of hydrogen-bond donors (Lipinski definition) is 0. The van der Waals surface area contributed by atoms with Gasteiger partial charge in [-0.1, -0.05) is 31.9 Å². The second-order valence-corrected chi connectivity index (χ2v) is 4.22. The molecule has 0 aliphatic carbocycles. The van der Waals surface area contributed by atoms with Gasteiger partial charge in [-0.3, -0.25) is 4.79 Å². The maximum Gasteiger partial charge on any atom is 0.311 e. The van der Waals surface area contributed by atoms with Crippen LogP contribution in [-0.2, 0) is 4.79 Å². The SMILES string of the molecule is CCCCCC(=O)Oc1ccccc1Br. The van der Waals surface area contributed by atoms with Crippen LogP contribution in [-0.4, -0.2) is 5.97 Å². The Balaban J connectivity index is 2.41. The van der Waals surface area contributed by atoms with Gasteiger partial charge in [-0.25, -0.2) is 0 Å². The van der Waals surface area contributed by atoms with Crippen LogP contribution in [0.25, 0.3) is 0 Å². The zero-order valence-electron chi connectivity index (χ0n) is 8.83. The van der Waals surface area contributed by atoms with Crippen molar-refractivity contribution in [1.29, 1.82) is 0 Å². The Kier molecular flexibility index (Phi) is 5.40. The lowest BCUT2D eigenvalue weighted by Crippen LogP contribution is -2.07. The smallest absolute Gasteiger partial charge is 0.311 e. The average Bonchev–Trinajstić information content (AvgIpc) is 2.22. The molecule has 0 aromatic heterocycles. The lowest BCUT2D eigenvalue weighted by Gasteiger charge is -2.05. The Bertz CT molecular complexity index is 323. The van der Waals surface area contributed by atoms with Crippen LogP contribution in [0.5, 0.6) is 5.75 Å². The standard InChI is InChI=1S/C12H15BrO2/c1-2-3-4-9-12(14)15-11-8-6-5-7-10(11)13/h5-8H,2-4,9H2,1H3. The summed E-state index contributed by atoms with van der Waals surface area (Å²) in [6.45, 7) is 2.11. The molecule has 0 saturated heterocycles. The fraction of sp³-hybridized carbons (Fsp3) is 0.417. The number of carbonyl (C=O) groups excluding carboxylic acids is 1. The predicted octanol–water partition coefficient (Wildman–Crippen LogP) is 3.93. The van der Waals surface area contributed by atoms with Gasteiger partial charge in [-0.2, -0.15) is 0 Å². The third-order valence-corrected chi connectivity index (χ3v) is 2.70. The van der Waals surface area contributed by atoms with E-state index in [0.717, 1.165) is 23.7 Å². The summed E-state index contributed by atoms with van der Waals surface area (Å²) in [5.41, 5.74) is 0. The van der Waals surface area contributed by atoms with E-state index in [1.54, 1.807) is 6.07 Å². The summed E-state index contributed by atoms with van der Waals surface area (Å²) >= 11 is 3.33. The van der Waals surface area contributed by atoms with Crippen LogP contribution in [0.1, 0.15) is 32.6 Å². The van der Waals surface area contributed by atoms with E-state index in [-0.39, 0.29) is 5.97 Å². The molecule has 3 heteroatoms. The molecule has 2 nitrogen and oxygen atoms in total. The van der Waals surface area contributed by atoms with Crippen LogP contribution in [0, 0.1) is 0 Å². The summed E-state index contributed by atoms with van der Waals surface area (Å²) in [5.74, 6) is 0.439. The van der Waals surface area contributed by atoms with Gasteiger partial charge in [-0.05, 0) is 34.5 Å². The number of hydrogen-bond acceptors (Lipinski definition) is 2. The van der Waals surface area contributed by atoms with Gasteiger partial charge in [0.05, 0.1) is 4.47 Å². The van der Waals surface area contributed by atoms with Gasteiger partial charge in [0.1, 0.15) is 5.75 Å². The van der Waals surface area contributed by atoms with E-state index in [2.05, 4.69) is 22.9 Å². The summed E-state index contributed by atoms with van der Waals surface area (Å²) in [6, 6.07) is 7.37. The molecule has 0 aliphatic heterocycles. The molecule has 0 aliphatic rings. The first-order chi connectivity index (χ1) is 7.24. The molecular formula is C12H15BrO2. The third-order valence-electron chi connectivity index (χ3n) is 2.04. The average molecular weight is 271 g/mol. The van der Waals surface area contributed by atoms with Gasteiger partial charge in [0.2, 0.25) is 0 Å². The predicted molar refractivity (Wildman–Crippen MR) is 63.9 cm³/mol. The second-order valence-electron chi connectivity index (χ2n) is 3.36. The molecular weight excluding hydrogens is 256 g/mol. The number of unbranched alkanes of at least 4 members (excludes halogenated alkanes) is 2. The monoisotopic (exact) mass is 270 g/mol. The molecule has 1 rings (SSSR count). The Labute approximate surface area is 98.8 Å². The molecule has 0 amide bonds. The highest BCUT2D eigenvalue weighted by molar-refractivity contribution is 9.10. The Morgan fingerprint density at radius 1 is 1.33 bits per heavy atom. The summed E-state index contributed by atoms with van der Waals surface area (Å²) in [7, 11) is 0. The van der Waals surface area contributed by atoms with Crippen molar-refractivity contribution in [3.8, 4) is 5.75 Å². The highest BCUT2D eigenvalue weighted by Crippen LogP contribution is 2.24. The minimum absolute atomic E-state index is 0.157. The van der Waals surface area contributed by atoms with E-state index in [1.165, 1.54) is 0 Å². The van der Waals surface area contributed by atoms with Crippen molar-refractivity contribution in [3.05, 3.63) is 28.7 Å². The number of ether oxygens (including phenoxy) is 1. The van der Waals surface area contributed by atoms with Gasteiger partial charge in [0.15, 0.2) is 0 Å². The van der Waals surface area contributed by atoms with E-state index in [4.69, 9.17) is 4.74 Å². The third kappa shape index (κ3) is 4.47. The molecule has 0 heterocycles. The first kappa shape index (κ1) is 12.2. The molecule has 0 N–H and O–H groups in total. The maximum absolute atomic E-state index is 11.4. The zero-order chi connectivity index (χ0) is 11.1. The van der Waals surface area contributed by atoms with Crippen LogP contribution in [0.4, 0.5) is 0 Å². The van der Waals surface area contributed by atoms with Crippen LogP contribution in [0.15, 0.2) is 28.7 Å². The van der Waals surface area contributed by atoms with Crippen LogP contribution in [0.2, 0.25) is 0 Å². The minimum atomic E-state index is -0.157. The summed E-state index contributed by atoms with van der Waals surface area (Å²) in [6.07, 6.45) is 3.59. The number of benzene rings is 1. The molecule has 1 aromatic rings. The lowest BCUT2D eigenvalue weighted by atomic mass is 10.2. The molecule has 82 valence electrons. The quantitative estimate of drug-likeness (QED) is 0.460. The largest absolute Gasteiger partial charge is 0.425 e. The van der Waals surface area contributed by atoms with Gasteiger partial charge in [0, 0.05) is 6.42 Å². The maximum atomic E-state index is 11.4. The molecule has 0 unspecified atom stereocenters. The van der Waals surface area contributed by atoms with E-state index >= 15 is 0 Å². The second kappa shape index (κ2) is 6.62. The van der Waals surface area contributed by atoms with Crippen molar-refractivity contribution in [2.75, 3.05) is 0 Å². The van der Waals surface area contributed by atoms with Crippen molar-refractivity contribution in [3.63, 3.8) is 0 Å². The van der Waals surface area contributed by atoms with Crippen LogP contribution in [0.3, 0.4) is 0 Å². The highest BCUT2D eigenvalue weighted by atomic mass is 79.9. The van der Waals surface area contributed by atoms with Gasteiger partial charge in [-0.15, -0.1) is 0 Å². The zero-order valence-corrected chi connectivity index (χ0v) is 10.4. The molecule has 0 spiro atoms. The van der Waals surface area contributed by atoms with E-state index < -0.39 is 0 Å². The molecule has 15 heavy (non-hydrogen) atoms. The molecule has 0 bridgehead atoms. The Hall–Kier alpha value is -0.830. The Morgan fingerprint density at radius 2 is 2.07 bits per heavy atom. The molecule has 1 aromatic carbocycles. The van der Waals surface area contributed by atoms with E-state index in [0.29, 0.717) is 12.2 Å². The minimum Gasteiger partial charge on any atom is -0.425 e. The van der Waals surface area contributed by atoms with Crippen molar-refractivity contribution in [2.24, 2.45) is 0 Å². The van der Waals surface area contributed by atoms with E-state index in [9.17, 15) is 4.79 Å². The number of esters is 1. The van der Waals surface area contributed by atoms with E-state index in [1.807, 2.05) is 18.2 Å². The van der Waals surface area contributed by atoms with Crippen molar-refractivity contribution in [1.82, 2.24) is 0 Å². The summed E-state index contributed by atoms with van der Waals surface area (Å²) < 4.78 is 6.02. The first-order valence-electron chi connectivity index (χ1n) is 5.19. The number of carbonyl (C=O) groups is 1. The van der Waals surface area contributed by atoms with Crippen molar-refractivity contribution >= 4 is 21.9 Å². The summed E-state index contributed by atoms with van der Waals surface area (Å²) in [5, 5.41) is 0. The van der Waals surface area contributed by atoms with Gasteiger partial charge in [0.25, 0.3) is 0 Å². The highest BCUT2D eigenvalue weighted by Gasteiger charge is 2.06. The van der Waals surface area contributed by atoms with Gasteiger partial charge >= 0.3 is 5.97 Å². The normalized spacial score (nSPS) is 10.0. The fourth-order valence-corrected chi connectivity index (χ4v) is 1.59. The molecule has 0 fully saturated rings. The topological polar surface area (TPSA) is 26.3 Å². The molecule has 0 saturated carbocycles. The molecule has 0 atom stereocenters. The van der Waals surface area contributed by atoms with Crippen molar-refractivity contribution in [2.45, 2.75) is 32.6 Å². The summed E-state index contributed by atoms with van der Waals surface area (Å²) in [4.78, 5) is 11.4. The van der Waals surface area contributed by atoms with Crippen molar-refractivity contribution < 1.29 is 9.53 Å². The van der Waals surface area contributed by atoms with Gasteiger partial charge < -0.3 is 4.74 Å². The fourth-order valence-electron chi connectivity index (χ4n) is 1.22. The van der Waals surface area contributed by atoms with Crippen LogP contribution >= 0.6 is 15.9 Å². The lowest BCUT2D eigenvalue weighted by molar-refractivity contribution is -0.134.